The molecule has 1 atom stereocenters. The first kappa shape index (κ1) is 16.4. The third-order valence-electron chi connectivity index (χ3n) is 3.89. The molecule has 1 aliphatic heterocycles. The summed E-state index contributed by atoms with van der Waals surface area (Å²) in [5.74, 6) is 0.681. The molecule has 1 unspecified atom stereocenters. The van der Waals surface area contributed by atoms with Crippen molar-refractivity contribution in [2.24, 2.45) is 0 Å². The number of nitrogens with zero attached hydrogens (tertiary/aromatic N) is 3. The second kappa shape index (κ2) is 7.86. The number of thiophene rings is 1. The van der Waals surface area contributed by atoms with Crippen LogP contribution in [0.2, 0.25) is 0 Å². The molecule has 124 valence electrons. The quantitative estimate of drug-likeness (QED) is 0.844. The van der Waals surface area contributed by atoms with Gasteiger partial charge in [0.15, 0.2) is 0 Å². The van der Waals surface area contributed by atoms with Gasteiger partial charge >= 0.3 is 0 Å². The van der Waals surface area contributed by atoms with Gasteiger partial charge in [0.05, 0.1) is 6.10 Å². The molecular formula is C17H24N4OS. The van der Waals surface area contributed by atoms with Crippen molar-refractivity contribution < 1.29 is 4.74 Å². The van der Waals surface area contributed by atoms with Crippen LogP contribution in [0, 0.1) is 6.92 Å². The molecule has 0 aliphatic carbocycles. The van der Waals surface area contributed by atoms with Gasteiger partial charge in [0, 0.05) is 54.0 Å². The highest BCUT2D eigenvalue weighted by molar-refractivity contribution is 7.11. The second-order valence-electron chi connectivity index (χ2n) is 6.12. The summed E-state index contributed by atoms with van der Waals surface area (Å²) in [6.07, 6.45) is 6.39. The zero-order valence-electron chi connectivity index (χ0n) is 13.8. The maximum atomic E-state index is 5.59. The Bertz CT molecular complexity index is 607. The molecule has 1 N–H and O–H groups in total. The summed E-state index contributed by atoms with van der Waals surface area (Å²) in [6.45, 7) is 5.62. The monoisotopic (exact) mass is 332 g/mol. The van der Waals surface area contributed by atoms with Crippen molar-refractivity contribution in [1.82, 2.24) is 14.9 Å². The fourth-order valence-corrected chi connectivity index (χ4v) is 3.71. The first-order chi connectivity index (χ1) is 11.2. The summed E-state index contributed by atoms with van der Waals surface area (Å²) < 4.78 is 5.59. The average molecular weight is 332 g/mol. The van der Waals surface area contributed by atoms with Crippen LogP contribution >= 0.6 is 11.3 Å². The van der Waals surface area contributed by atoms with E-state index in [2.05, 4.69) is 46.3 Å². The molecule has 3 rings (SSSR count). The molecular weight excluding hydrogens is 308 g/mol. The fraction of sp³-hybridized carbons (Fsp3) is 0.529. The minimum atomic E-state index is 0.304. The molecule has 0 spiro atoms. The molecule has 1 saturated heterocycles. The zero-order valence-corrected chi connectivity index (χ0v) is 14.6. The van der Waals surface area contributed by atoms with Crippen molar-refractivity contribution in [3.8, 4) is 0 Å². The summed E-state index contributed by atoms with van der Waals surface area (Å²) in [5.41, 5.74) is 1.13. The predicted molar refractivity (Wildman–Crippen MR) is 93.7 cm³/mol. The number of rotatable bonds is 7. The maximum absolute atomic E-state index is 5.59. The van der Waals surface area contributed by atoms with Gasteiger partial charge in [0.2, 0.25) is 5.95 Å². The van der Waals surface area contributed by atoms with E-state index in [0.29, 0.717) is 12.1 Å². The van der Waals surface area contributed by atoms with Crippen LogP contribution in [-0.4, -0.2) is 41.2 Å². The van der Waals surface area contributed by atoms with E-state index in [0.717, 1.165) is 44.6 Å². The first-order valence-corrected chi connectivity index (χ1v) is 8.91. The Labute approximate surface area is 141 Å². The highest BCUT2D eigenvalue weighted by Gasteiger charge is 2.15. The standard InChI is InChI=1S/C17H24N4OS/c1-13-5-6-16(23-13)12-21(2)11-14-8-18-17(19-9-14)20-10-15-4-3-7-22-15/h5-6,8-9,15H,3-4,7,10-12H2,1-2H3,(H,18,19,20). The van der Waals surface area contributed by atoms with Crippen LogP contribution in [0.3, 0.4) is 0 Å². The highest BCUT2D eigenvalue weighted by Crippen LogP contribution is 2.17. The molecule has 3 heterocycles. The molecule has 5 nitrogen and oxygen atoms in total. The topological polar surface area (TPSA) is 50.3 Å². The SMILES string of the molecule is Cc1ccc(CN(C)Cc2cnc(NCC3CCCO3)nc2)s1. The van der Waals surface area contributed by atoms with Gasteiger partial charge in [-0.25, -0.2) is 9.97 Å². The summed E-state index contributed by atoms with van der Waals surface area (Å²) in [6, 6.07) is 4.37. The Balaban J connectivity index is 1.46. The normalized spacial score (nSPS) is 17.8. The first-order valence-electron chi connectivity index (χ1n) is 8.09. The van der Waals surface area contributed by atoms with E-state index in [1.54, 1.807) is 0 Å². The van der Waals surface area contributed by atoms with Gasteiger partial charge in [0.25, 0.3) is 0 Å². The van der Waals surface area contributed by atoms with Gasteiger partial charge in [-0.15, -0.1) is 11.3 Å². The molecule has 6 heteroatoms. The van der Waals surface area contributed by atoms with Crippen LogP contribution in [0.15, 0.2) is 24.5 Å². The average Bonchev–Trinajstić information content (AvgIpc) is 3.18. The van der Waals surface area contributed by atoms with E-state index in [9.17, 15) is 0 Å². The number of anilines is 1. The molecule has 2 aromatic rings. The molecule has 0 bridgehead atoms. The van der Waals surface area contributed by atoms with Crippen molar-refractivity contribution in [2.45, 2.75) is 39.0 Å². The summed E-state index contributed by atoms with van der Waals surface area (Å²) >= 11 is 1.85. The van der Waals surface area contributed by atoms with Crippen LogP contribution in [0.4, 0.5) is 5.95 Å². The number of nitrogens with one attached hydrogen (secondary N) is 1. The van der Waals surface area contributed by atoms with Gasteiger partial charge in [-0.2, -0.15) is 0 Å². The smallest absolute Gasteiger partial charge is 0.222 e. The zero-order chi connectivity index (χ0) is 16.1. The van der Waals surface area contributed by atoms with E-state index in [1.165, 1.54) is 9.75 Å². The van der Waals surface area contributed by atoms with E-state index >= 15 is 0 Å². The van der Waals surface area contributed by atoms with Crippen LogP contribution in [0.1, 0.15) is 28.2 Å². The third kappa shape index (κ3) is 4.99. The Kier molecular flexibility index (Phi) is 5.59. The molecule has 23 heavy (non-hydrogen) atoms. The Morgan fingerprint density at radius 3 is 2.78 bits per heavy atom. The second-order valence-corrected chi connectivity index (χ2v) is 7.49. The van der Waals surface area contributed by atoms with Gasteiger partial charge in [0.1, 0.15) is 0 Å². The molecule has 2 aromatic heterocycles. The Morgan fingerprint density at radius 1 is 1.30 bits per heavy atom. The van der Waals surface area contributed by atoms with Gasteiger partial charge in [-0.05, 0) is 38.9 Å². The van der Waals surface area contributed by atoms with Crippen molar-refractivity contribution in [3.63, 3.8) is 0 Å². The fourth-order valence-electron chi connectivity index (χ4n) is 2.74. The van der Waals surface area contributed by atoms with Gasteiger partial charge < -0.3 is 10.1 Å². The number of aryl methyl sites for hydroxylation is 1. The lowest BCUT2D eigenvalue weighted by atomic mass is 10.2. The van der Waals surface area contributed by atoms with Gasteiger partial charge in [-0.1, -0.05) is 0 Å². The molecule has 0 saturated carbocycles. The van der Waals surface area contributed by atoms with E-state index < -0.39 is 0 Å². The summed E-state index contributed by atoms with van der Waals surface area (Å²) in [5, 5.41) is 3.25. The van der Waals surface area contributed by atoms with Crippen LogP contribution in [-0.2, 0) is 17.8 Å². The minimum absolute atomic E-state index is 0.304. The van der Waals surface area contributed by atoms with Crippen molar-refractivity contribution >= 4 is 17.3 Å². The van der Waals surface area contributed by atoms with Crippen molar-refractivity contribution in [1.29, 1.82) is 0 Å². The largest absolute Gasteiger partial charge is 0.376 e. The third-order valence-corrected chi connectivity index (χ3v) is 4.88. The lowest BCUT2D eigenvalue weighted by Crippen LogP contribution is -2.20. The number of aromatic nitrogens is 2. The molecule has 1 fully saturated rings. The Hall–Kier alpha value is -1.50. The van der Waals surface area contributed by atoms with E-state index in [4.69, 9.17) is 4.74 Å². The van der Waals surface area contributed by atoms with E-state index in [1.807, 2.05) is 23.7 Å². The maximum Gasteiger partial charge on any atom is 0.222 e. The molecule has 0 radical (unpaired) electrons. The van der Waals surface area contributed by atoms with Crippen LogP contribution in [0.5, 0.6) is 0 Å². The molecule has 1 aliphatic rings. The summed E-state index contributed by atoms with van der Waals surface area (Å²) in [4.78, 5) is 13.8. The Morgan fingerprint density at radius 2 is 2.13 bits per heavy atom. The highest BCUT2D eigenvalue weighted by atomic mass is 32.1. The van der Waals surface area contributed by atoms with Gasteiger partial charge in [-0.3, -0.25) is 4.90 Å². The van der Waals surface area contributed by atoms with Crippen molar-refractivity contribution in [3.05, 3.63) is 39.8 Å². The summed E-state index contributed by atoms with van der Waals surface area (Å²) in [7, 11) is 2.12. The predicted octanol–water partition coefficient (Wildman–Crippen LogP) is 3.07. The lowest BCUT2D eigenvalue weighted by molar-refractivity contribution is 0.120. The van der Waals surface area contributed by atoms with Crippen molar-refractivity contribution in [2.75, 3.05) is 25.5 Å². The van der Waals surface area contributed by atoms with Crippen LogP contribution in [0.25, 0.3) is 0 Å². The number of ether oxygens (including phenoxy) is 1. The molecule has 0 amide bonds. The molecule has 0 aromatic carbocycles. The lowest BCUT2D eigenvalue weighted by Gasteiger charge is -2.15. The van der Waals surface area contributed by atoms with E-state index in [-0.39, 0.29) is 0 Å². The minimum Gasteiger partial charge on any atom is -0.376 e. The number of hydrogen-bond acceptors (Lipinski definition) is 6. The number of hydrogen-bond donors (Lipinski definition) is 1. The van der Waals surface area contributed by atoms with Crippen LogP contribution < -0.4 is 5.32 Å².